The van der Waals surface area contributed by atoms with Crippen LogP contribution >= 0.6 is 0 Å². The van der Waals surface area contributed by atoms with Crippen LogP contribution in [0.1, 0.15) is 24.1 Å². The molecule has 0 amide bonds. The van der Waals surface area contributed by atoms with Gasteiger partial charge < -0.3 is 5.32 Å². The van der Waals surface area contributed by atoms with Crippen LogP contribution in [-0.2, 0) is 0 Å². The molecule has 2 rings (SSSR count). The van der Waals surface area contributed by atoms with Crippen molar-refractivity contribution in [3.05, 3.63) is 65.0 Å². The molecule has 102 valence electrons. The third kappa shape index (κ3) is 2.91. The molecular formula is C15H11F3N2. The minimum atomic E-state index is -0.983. The summed E-state index contributed by atoms with van der Waals surface area (Å²) in [6.07, 6.45) is 0. The van der Waals surface area contributed by atoms with E-state index in [9.17, 15) is 13.2 Å². The summed E-state index contributed by atoms with van der Waals surface area (Å²) in [7, 11) is 0. The number of nitrogens with one attached hydrogen (secondary N) is 1. The second-order valence-electron chi connectivity index (χ2n) is 4.34. The molecule has 0 saturated carbocycles. The predicted molar refractivity (Wildman–Crippen MR) is 69.5 cm³/mol. The Bertz CT molecular complexity index is 637. The minimum absolute atomic E-state index is 0.372. The minimum Gasteiger partial charge on any atom is -0.374 e. The number of nitriles is 1. The fourth-order valence-electron chi connectivity index (χ4n) is 1.83. The number of rotatable bonds is 3. The Morgan fingerprint density at radius 1 is 1.05 bits per heavy atom. The van der Waals surface area contributed by atoms with E-state index in [-0.39, 0.29) is 5.69 Å². The Balaban J connectivity index is 2.23. The van der Waals surface area contributed by atoms with Crippen LogP contribution in [0.15, 0.2) is 36.4 Å². The molecule has 0 bridgehead atoms. The van der Waals surface area contributed by atoms with E-state index in [1.807, 2.05) is 6.07 Å². The molecule has 0 aliphatic carbocycles. The summed E-state index contributed by atoms with van der Waals surface area (Å²) in [5.41, 5.74) is 0.885. The van der Waals surface area contributed by atoms with Gasteiger partial charge in [-0.2, -0.15) is 5.26 Å². The molecule has 2 aromatic rings. The third-order valence-corrected chi connectivity index (χ3v) is 2.91. The van der Waals surface area contributed by atoms with Crippen molar-refractivity contribution in [3.63, 3.8) is 0 Å². The Labute approximate surface area is 114 Å². The normalized spacial score (nSPS) is 11.8. The first-order valence-electron chi connectivity index (χ1n) is 5.92. The van der Waals surface area contributed by atoms with Crippen LogP contribution in [0.2, 0.25) is 0 Å². The van der Waals surface area contributed by atoms with E-state index in [1.54, 1.807) is 31.2 Å². The van der Waals surface area contributed by atoms with Gasteiger partial charge in [-0.15, -0.1) is 0 Å². The molecule has 1 N–H and O–H groups in total. The van der Waals surface area contributed by atoms with E-state index in [0.717, 1.165) is 5.56 Å². The van der Waals surface area contributed by atoms with Crippen molar-refractivity contribution in [2.45, 2.75) is 13.0 Å². The maximum absolute atomic E-state index is 13.5. The van der Waals surface area contributed by atoms with Gasteiger partial charge in [-0.05, 0) is 24.6 Å². The SMILES string of the molecule is CC(Nc1c(F)cc(F)cc1F)c1ccc(C#N)cc1. The van der Waals surface area contributed by atoms with Crippen molar-refractivity contribution >= 4 is 5.69 Å². The molecule has 0 spiro atoms. The van der Waals surface area contributed by atoms with Crippen LogP contribution in [0.4, 0.5) is 18.9 Å². The average Bonchev–Trinajstić information content (AvgIpc) is 2.42. The molecule has 2 nitrogen and oxygen atoms in total. The van der Waals surface area contributed by atoms with E-state index in [4.69, 9.17) is 5.26 Å². The Morgan fingerprint density at radius 2 is 1.60 bits per heavy atom. The number of nitrogens with zero attached hydrogens (tertiary/aromatic N) is 1. The standard InChI is InChI=1S/C15H11F3N2/c1-9(11-4-2-10(8-19)3-5-11)20-15-13(17)6-12(16)7-14(15)18/h2-7,9,20H,1H3. The number of halogens is 3. The first-order valence-corrected chi connectivity index (χ1v) is 5.92. The molecule has 0 saturated heterocycles. The number of benzene rings is 2. The van der Waals surface area contributed by atoms with Crippen molar-refractivity contribution < 1.29 is 13.2 Å². The van der Waals surface area contributed by atoms with Crippen molar-refractivity contribution in [2.75, 3.05) is 5.32 Å². The summed E-state index contributed by atoms with van der Waals surface area (Å²) in [6, 6.07) is 9.45. The largest absolute Gasteiger partial charge is 0.374 e. The molecule has 0 radical (unpaired) electrons. The summed E-state index contributed by atoms with van der Waals surface area (Å²) in [5.74, 6) is -2.93. The van der Waals surface area contributed by atoms with E-state index >= 15 is 0 Å². The van der Waals surface area contributed by atoms with Crippen LogP contribution in [0.3, 0.4) is 0 Å². The van der Waals surface area contributed by atoms with Crippen molar-refractivity contribution in [2.24, 2.45) is 0 Å². The smallest absolute Gasteiger partial charge is 0.152 e. The van der Waals surface area contributed by atoms with Gasteiger partial charge in [0.15, 0.2) is 11.6 Å². The molecule has 0 aliphatic heterocycles. The Morgan fingerprint density at radius 3 is 2.10 bits per heavy atom. The number of hydrogen-bond acceptors (Lipinski definition) is 2. The first-order chi connectivity index (χ1) is 9.51. The molecule has 0 aromatic heterocycles. The summed E-state index contributed by atoms with van der Waals surface area (Å²) in [6.45, 7) is 1.71. The molecule has 0 aliphatic rings. The molecular weight excluding hydrogens is 265 g/mol. The van der Waals surface area contributed by atoms with Crippen LogP contribution in [-0.4, -0.2) is 0 Å². The van der Waals surface area contributed by atoms with Crippen LogP contribution in [0, 0.1) is 28.8 Å². The van der Waals surface area contributed by atoms with E-state index < -0.39 is 23.5 Å². The van der Waals surface area contributed by atoms with Crippen molar-refractivity contribution in [1.82, 2.24) is 0 Å². The van der Waals surface area contributed by atoms with E-state index in [2.05, 4.69) is 5.32 Å². The third-order valence-electron chi connectivity index (χ3n) is 2.91. The molecule has 5 heteroatoms. The second-order valence-corrected chi connectivity index (χ2v) is 4.34. The maximum Gasteiger partial charge on any atom is 0.152 e. The topological polar surface area (TPSA) is 35.8 Å². The first kappa shape index (κ1) is 13.9. The molecule has 0 fully saturated rings. The fraction of sp³-hybridized carbons (Fsp3) is 0.133. The number of anilines is 1. The lowest BCUT2D eigenvalue weighted by atomic mass is 10.1. The maximum atomic E-state index is 13.5. The highest BCUT2D eigenvalue weighted by molar-refractivity contribution is 5.48. The summed E-state index contributed by atoms with van der Waals surface area (Å²) in [5, 5.41) is 11.4. The monoisotopic (exact) mass is 276 g/mol. The van der Waals surface area contributed by atoms with Gasteiger partial charge in [-0.25, -0.2) is 13.2 Å². The zero-order chi connectivity index (χ0) is 14.7. The zero-order valence-electron chi connectivity index (χ0n) is 10.6. The summed E-state index contributed by atoms with van der Waals surface area (Å²) >= 11 is 0. The summed E-state index contributed by atoms with van der Waals surface area (Å²) in [4.78, 5) is 0. The molecule has 0 heterocycles. The molecule has 2 aromatic carbocycles. The highest BCUT2D eigenvalue weighted by Crippen LogP contribution is 2.25. The van der Waals surface area contributed by atoms with Gasteiger partial charge in [0, 0.05) is 18.2 Å². The van der Waals surface area contributed by atoms with Gasteiger partial charge in [0.05, 0.1) is 11.6 Å². The van der Waals surface area contributed by atoms with Crippen LogP contribution in [0.5, 0.6) is 0 Å². The quantitative estimate of drug-likeness (QED) is 0.914. The number of hydrogen-bond donors (Lipinski definition) is 1. The van der Waals surface area contributed by atoms with Crippen LogP contribution in [0.25, 0.3) is 0 Å². The molecule has 1 atom stereocenters. The van der Waals surface area contributed by atoms with E-state index in [0.29, 0.717) is 17.7 Å². The van der Waals surface area contributed by atoms with Gasteiger partial charge in [-0.1, -0.05) is 12.1 Å². The fourth-order valence-corrected chi connectivity index (χ4v) is 1.83. The summed E-state index contributed by atoms with van der Waals surface area (Å²) < 4.78 is 39.9. The lowest BCUT2D eigenvalue weighted by Gasteiger charge is -2.17. The highest BCUT2D eigenvalue weighted by atomic mass is 19.1. The lowest BCUT2D eigenvalue weighted by molar-refractivity contribution is 0.545. The Kier molecular flexibility index (Phi) is 3.94. The zero-order valence-corrected chi connectivity index (χ0v) is 10.6. The van der Waals surface area contributed by atoms with Gasteiger partial charge in [0.1, 0.15) is 11.5 Å². The van der Waals surface area contributed by atoms with Crippen LogP contribution < -0.4 is 5.32 Å². The van der Waals surface area contributed by atoms with Crippen molar-refractivity contribution in [1.29, 1.82) is 5.26 Å². The second kappa shape index (κ2) is 5.66. The Hall–Kier alpha value is -2.48. The van der Waals surface area contributed by atoms with Crippen molar-refractivity contribution in [3.8, 4) is 6.07 Å². The van der Waals surface area contributed by atoms with Gasteiger partial charge in [0.2, 0.25) is 0 Å². The molecule has 20 heavy (non-hydrogen) atoms. The van der Waals surface area contributed by atoms with Gasteiger partial charge >= 0.3 is 0 Å². The van der Waals surface area contributed by atoms with Gasteiger partial charge in [0.25, 0.3) is 0 Å². The van der Waals surface area contributed by atoms with Gasteiger partial charge in [-0.3, -0.25) is 0 Å². The predicted octanol–water partition coefficient (Wildman–Crippen LogP) is 4.15. The average molecular weight is 276 g/mol. The highest BCUT2D eigenvalue weighted by Gasteiger charge is 2.14. The lowest BCUT2D eigenvalue weighted by Crippen LogP contribution is -2.10. The van der Waals surface area contributed by atoms with E-state index in [1.165, 1.54) is 0 Å². The molecule has 1 unspecified atom stereocenters.